The predicted molar refractivity (Wildman–Crippen MR) is 107 cm³/mol. The Morgan fingerprint density at radius 3 is 2.33 bits per heavy atom. The van der Waals surface area contributed by atoms with Crippen LogP contribution in [0.2, 0.25) is 0 Å². The van der Waals surface area contributed by atoms with Gasteiger partial charge in [-0.25, -0.2) is 0 Å². The van der Waals surface area contributed by atoms with Crippen LogP contribution in [-0.2, 0) is 6.61 Å². The standard InChI is InChI=1S/C23H18N2O2/c26-16-17-8-4-5-11-20(17)21-14-18(22-12-6-7-13-24-22)15-25(23(21)27)19-9-2-1-3-10-19/h1-15,26H,16H2. The Morgan fingerprint density at radius 2 is 1.59 bits per heavy atom. The highest BCUT2D eigenvalue weighted by Crippen LogP contribution is 2.26. The fourth-order valence-electron chi connectivity index (χ4n) is 3.15. The molecule has 0 saturated carbocycles. The van der Waals surface area contributed by atoms with E-state index < -0.39 is 0 Å². The molecule has 0 aliphatic carbocycles. The third-order valence-electron chi connectivity index (χ3n) is 4.49. The lowest BCUT2D eigenvalue weighted by Gasteiger charge is -2.14. The zero-order chi connectivity index (χ0) is 18.6. The van der Waals surface area contributed by atoms with Gasteiger partial charge >= 0.3 is 0 Å². The zero-order valence-corrected chi connectivity index (χ0v) is 14.6. The molecule has 4 nitrogen and oxygen atoms in total. The highest BCUT2D eigenvalue weighted by Gasteiger charge is 2.14. The SMILES string of the molecule is O=c1c(-c2ccccc2CO)cc(-c2ccccn2)cn1-c1ccccc1. The molecule has 0 aliphatic rings. The monoisotopic (exact) mass is 354 g/mol. The summed E-state index contributed by atoms with van der Waals surface area (Å²) in [5, 5.41) is 9.72. The number of pyridine rings is 2. The van der Waals surface area contributed by atoms with Gasteiger partial charge in [-0.2, -0.15) is 0 Å². The van der Waals surface area contributed by atoms with Gasteiger partial charge < -0.3 is 5.11 Å². The van der Waals surface area contributed by atoms with Crippen molar-refractivity contribution in [1.82, 2.24) is 9.55 Å². The van der Waals surface area contributed by atoms with Gasteiger partial charge in [0.25, 0.3) is 5.56 Å². The van der Waals surface area contributed by atoms with Crippen LogP contribution in [0.15, 0.2) is 96.1 Å². The van der Waals surface area contributed by atoms with Gasteiger partial charge in [-0.05, 0) is 41.5 Å². The summed E-state index contributed by atoms with van der Waals surface area (Å²) in [7, 11) is 0. The number of hydrogen-bond acceptors (Lipinski definition) is 3. The van der Waals surface area contributed by atoms with E-state index in [9.17, 15) is 9.90 Å². The molecular weight excluding hydrogens is 336 g/mol. The normalized spacial score (nSPS) is 10.7. The van der Waals surface area contributed by atoms with Crippen molar-refractivity contribution in [3.05, 3.63) is 107 Å². The van der Waals surface area contributed by atoms with Crippen LogP contribution < -0.4 is 5.56 Å². The third-order valence-corrected chi connectivity index (χ3v) is 4.49. The molecule has 0 atom stereocenters. The first-order valence-electron chi connectivity index (χ1n) is 8.70. The Morgan fingerprint density at radius 1 is 0.852 bits per heavy atom. The molecule has 4 heteroatoms. The van der Waals surface area contributed by atoms with E-state index >= 15 is 0 Å². The van der Waals surface area contributed by atoms with Crippen molar-refractivity contribution in [1.29, 1.82) is 0 Å². The summed E-state index contributed by atoms with van der Waals surface area (Å²) >= 11 is 0. The molecule has 0 radical (unpaired) electrons. The number of rotatable bonds is 4. The number of benzene rings is 2. The lowest BCUT2D eigenvalue weighted by Crippen LogP contribution is -2.20. The van der Waals surface area contributed by atoms with Gasteiger partial charge in [-0.15, -0.1) is 0 Å². The number of aliphatic hydroxyl groups is 1. The Labute approximate surface area is 157 Å². The maximum Gasteiger partial charge on any atom is 0.263 e. The number of hydrogen-bond donors (Lipinski definition) is 1. The molecule has 132 valence electrons. The summed E-state index contributed by atoms with van der Waals surface area (Å²) in [6, 6.07) is 24.5. The van der Waals surface area contributed by atoms with E-state index in [1.807, 2.05) is 85.1 Å². The average Bonchev–Trinajstić information content (AvgIpc) is 2.75. The number of para-hydroxylation sites is 1. The first-order valence-corrected chi connectivity index (χ1v) is 8.70. The van der Waals surface area contributed by atoms with Crippen molar-refractivity contribution in [3.8, 4) is 28.1 Å². The Bertz CT molecular complexity index is 1120. The molecule has 4 rings (SSSR count). The minimum absolute atomic E-state index is 0.130. The largest absolute Gasteiger partial charge is 0.392 e. The number of nitrogens with zero attached hydrogens (tertiary/aromatic N) is 2. The zero-order valence-electron chi connectivity index (χ0n) is 14.6. The van der Waals surface area contributed by atoms with E-state index in [1.165, 1.54) is 0 Å². The van der Waals surface area contributed by atoms with Gasteiger partial charge in [-0.1, -0.05) is 48.5 Å². The van der Waals surface area contributed by atoms with Crippen molar-refractivity contribution in [2.75, 3.05) is 0 Å². The van der Waals surface area contributed by atoms with Gasteiger partial charge in [0.2, 0.25) is 0 Å². The van der Waals surface area contributed by atoms with E-state index in [4.69, 9.17) is 0 Å². The molecule has 2 aromatic carbocycles. The lowest BCUT2D eigenvalue weighted by molar-refractivity contribution is 0.282. The van der Waals surface area contributed by atoms with Gasteiger partial charge in [0.15, 0.2) is 0 Å². The van der Waals surface area contributed by atoms with E-state index in [0.29, 0.717) is 11.1 Å². The molecule has 0 fully saturated rings. The summed E-state index contributed by atoms with van der Waals surface area (Å²) in [6.07, 6.45) is 3.54. The average molecular weight is 354 g/mol. The smallest absolute Gasteiger partial charge is 0.263 e. The van der Waals surface area contributed by atoms with E-state index in [-0.39, 0.29) is 12.2 Å². The van der Waals surface area contributed by atoms with Gasteiger partial charge in [0, 0.05) is 29.2 Å². The molecule has 0 bridgehead atoms. The second-order valence-corrected chi connectivity index (χ2v) is 6.18. The topological polar surface area (TPSA) is 55.1 Å². The van der Waals surface area contributed by atoms with Crippen molar-refractivity contribution in [2.24, 2.45) is 0 Å². The van der Waals surface area contributed by atoms with Crippen molar-refractivity contribution in [2.45, 2.75) is 6.61 Å². The van der Waals surface area contributed by atoms with E-state index in [2.05, 4.69) is 4.98 Å². The van der Waals surface area contributed by atoms with Crippen LogP contribution in [0.25, 0.3) is 28.1 Å². The van der Waals surface area contributed by atoms with Crippen LogP contribution >= 0.6 is 0 Å². The van der Waals surface area contributed by atoms with Crippen LogP contribution in [0.3, 0.4) is 0 Å². The Hall–Kier alpha value is -3.50. The highest BCUT2D eigenvalue weighted by molar-refractivity contribution is 5.73. The molecule has 2 heterocycles. The maximum atomic E-state index is 13.3. The van der Waals surface area contributed by atoms with Crippen LogP contribution in [0.4, 0.5) is 0 Å². The highest BCUT2D eigenvalue weighted by atomic mass is 16.3. The van der Waals surface area contributed by atoms with Crippen LogP contribution in [0.5, 0.6) is 0 Å². The van der Waals surface area contributed by atoms with Gasteiger partial charge in [-0.3, -0.25) is 14.3 Å². The first-order chi connectivity index (χ1) is 13.3. The summed E-state index contributed by atoms with van der Waals surface area (Å²) in [5.74, 6) is 0. The number of aliphatic hydroxyl groups excluding tert-OH is 1. The number of aromatic nitrogens is 2. The molecule has 1 N–H and O–H groups in total. The van der Waals surface area contributed by atoms with Crippen LogP contribution in [-0.4, -0.2) is 14.7 Å². The summed E-state index contributed by atoms with van der Waals surface area (Å²) in [5.41, 5.74) is 4.24. The van der Waals surface area contributed by atoms with Crippen molar-refractivity contribution < 1.29 is 5.11 Å². The Kier molecular flexibility index (Phi) is 4.64. The molecular formula is C23H18N2O2. The molecule has 0 spiro atoms. The summed E-state index contributed by atoms with van der Waals surface area (Å²) < 4.78 is 1.63. The molecule has 0 saturated heterocycles. The summed E-state index contributed by atoms with van der Waals surface area (Å²) in [6.45, 7) is -0.130. The minimum atomic E-state index is -0.137. The van der Waals surface area contributed by atoms with Crippen molar-refractivity contribution >= 4 is 0 Å². The molecule has 0 unspecified atom stereocenters. The second kappa shape index (κ2) is 7.40. The molecule has 4 aromatic rings. The van der Waals surface area contributed by atoms with Crippen LogP contribution in [0, 0.1) is 0 Å². The maximum absolute atomic E-state index is 13.3. The van der Waals surface area contributed by atoms with Crippen LogP contribution in [0.1, 0.15) is 5.56 Å². The molecule has 27 heavy (non-hydrogen) atoms. The quantitative estimate of drug-likeness (QED) is 0.601. The molecule has 2 aromatic heterocycles. The van der Waals surface area contributed by atoms with Gasteiger partial charge in [0.05, 0.1) is 12.3 Å². The van der Waals surface area contributed by atoms with E-state index in [0.717, 1.165) is 22.5 Å². The van der Waals surface area contributed by atoms with Gasteiger partial charge in [0.1, 0.15) is 0 Å². The Balaban J connectivity index is 2.02. The van der Waals surface area contributed by atoms with Crippen molar-refractivity contribution in [3.63, 3.8) is 0 Å². The van der Waals surface area contributed by atoms with E-state index in [1.54, 1.807) is 10.8 Å². The fourth-order valence-corrected chi connectivity index (χ4v) is 3.15. The second-order valence-electron chi connectivity index (χ2n) is 6.18. The predicted octanol–water partition coefficient (Wildman–Crippen LogP) is 4.06. The third kappa shape index (κ3) is 3.30. The summed E-state index contributed by atoms with van der Waals surface area (Å²) in [4.78, 5) is 17.7. The molecule has 0 amide bonds. The first kappa shape index (κ1) is 16.9. The minimum Gasteiger partial charge on any atom is -0.392 e. The lowest BCUT2D eigenvalue weighted by atomic mass is 9.99. The molecule has 0 aliphatic heterocycles. The fraction of sp³-hybridized carbons (Fsp3) is 0.0435.